The highest BCUT2D eigenvalue weighted by molar-refractivity contribution is 5.60. The molecule has 0 bridgehead atoms. The predicted octanol–water partition coefficient (Wildman–Crippen LogP) is 4.18. The van der Waals surface area contributed by atoms with E-state index in [9.17, 15) is 0 Å². The van der Waals surface area contributed by atoms with Gasteiger partial charge in [-0.25, -0.2) is 0 Å². The van der Waals surface area contributed by atoms with Gasteiger partial charge in [0.2, 0.25) is 0 Å². The zero-order valence-electron chi connectivity index (χ0n) is 13.6. The van der Waals surface area contributed by atoms with E-state index in [0.29, 0.717) is 11.8 Å². The molecule has 0 amide bonds. The lowest BCUT2D eigenvalue weighted by molar-refractivity contribution is 0.415. The minimum atomic E-state index is 0.708. The topological polar surface area (TPSA) is 38.5 Å². The normalized spacial score (nSPS) is 11.2. The molecule has 0 radical (unpaired) electrons. The quantitative estimate of drug-likeness (QED) is 0.725. The Morgan fingerprint density at radius 2 is 1.55 bits per heavy atom. The Labute approximate surface area is 124 Å². The van der Waals surface area contributed by atoms with Gasteiger partial charge in [-0.15, -0.1) is 0 Å². The maximum atomic E-state index is 5.98. The van der Waals surface area contributed by atoms with Crippen LogP contribution in [0.3, 0.4) is 0 Å². The molecule has 0 aliphatic carbocycles. The van der Waals surface area contributed by atoms with Crippen molar-refractivity contribution in [2.24, 2.45) is 11.8 Å². The van der Waals surface area contributed by atoms with E-state index in [-0.39, 0.29) is 0 Å². The van der Waals surface area contributed by atoms with Gasteiger partial charge in [0.05, 0.1) is 7.11 Å². The van der Waals surface area contributed by atoms with E-state index in [4.69, 9.17) is 10.5 Å². The summed E-state index contributed by atoms with van der Waals surface area (Å²) in [4.78, 5) is 2.43. The first-order valence-corrected chi connectivity index (χ1v) is 7.62. The Hall–Kier alpha value is -1.38. The SMILES string of the molecule is COc1cc(N)cc(N(CCC(C)C)CCC(C)C)c1. The fourth-order valence-electron chi connectivity index (χ4n) is 2.10. The number of anilines is 2. The molecule has 114 valence electrons. The Balaban J connectivity index is 2.86. The molecule has 0 saturated heterocycles. The van der Waals surface area contributed by atoms with Crippen molar-refractivity contribution in [2.45, 2.75) is 40.5 Å². The molecule has 1 aromatic rings. The maximum absolute atomic E-state index is 5.98. The molecular formula is C17H30N2O. The van der Waals surface area contributed by atoms with Crippen LogP contribution < -0.4 is 15.4 Å². The molecule has 0 fully saturated rings. The van der Waals surface area contributed by atoms with Crippen molar-refractivity contribution in [1.29, 1.82) is 0 Å². The molecule has 0 aromatic heterocycles. The fourth-order valence-corrected chi connectivity index (χ4v) is 2.10. The van der Waals surface area contributed by atoms with E-state index in [1.54, 1.807) is 7.11 Å². The van der Waals surface area contributed by atoms with Crippen LogP contribution in [-0.2, 0) is 0 Å². The second-order valence-electron chi connectivity index (χ2n) is 6.32. The number of benzene rings is 1. The van der Waals surface area contributed by atoms with E-state index in [2.05, 4.69) is 38.7 Å². The minimum absolute atomic E-state index is 0.708. The van der Waals surface area contributed by atoms with Gasteiger partial charge in [-0.2, -0.15) is 0 Å². The molecule has 2 N–H and O–H groups in total. The summed E-state index contributed by atoms with van der Waals surface area (Å²) < 4.78 is 5.33. The number of rotatable bonds is 8. The highest BCUT2D eigenvalue weighted by Gasteiger charge is 2.10. The number of nitrogens with zero attached hydrogens (tertiary/aromatic N) is 1. The molecule has 3 heteroatoms. The second kappa shape index (κ2) is 8.03. The van der Waals surface area contributed by atoms with E-state index >= 15 is 0 Å². The summed E-state index contributed by atoms with van der Waals surface area (Å²) in [6.07, 6.45) is 2.38. The van der Waals surface area contributed by atoms with E-state index in [1.165, 1.54) is 18.5 Å². The van der Waals surface area contributed by atoms with E-state index in [1.807, 2.05) is 12.1 Å². The molecule has 0 heterocycles. The fraction of sp³-hybridized carbons (Fsp3) is 0.647. The van der Waals surface area contributed by atoms with Crippen molar-refractivity contribution in [1.82, 2.24) is 0 Å². The standard InChI is InChI=1S/C17H30N2O/c1-13(2)6-8-19(9-7-14(3)4)16-10-15(18)11-17(12-16)20-5/h10-14H,6-9,18H2,1-5H3. The average Bonchev–Trinajstić information content (AvgIpc) is 2.37. The van der Waals surface area contributed by atoms with Crippen LogP contribution in [0.5, 0.6) is 5.75 Å². The molecular weight excluding hydrogens is 248 g/mol. The number of methoxy groups -OCH3 is 1. The van der Waals surface area contributed by atoms with Crippen LogP contribution in [0.4, 0.5) is 11.4 Å². The zero-order valence-corrected chi connectivity index (χ0v) is 13.6. The van der Waals surface area contributed by atoms with Crippen LogP contribution in [0.1, 0.15) is 40.5 Å². The van der Waals surface area contributed by atoms with Crippen LogP contribution in [0, 0.1) is 11.8 Å². The molecule has 0 spiro atoms. The van der Waals surface area contributed by atoms with Crippen molar-refractivity contribution in [2.75, 3.05) is 30.8 Å². The number of hydrogen-bond acceptors (Lipinski definition) is 3. The molecule has 3 nitrogen and oxygen atoms in total. The Kier molecular flexibility index (Phi) is 6.69. The zero-order chi connectivity index (χ0) is 15.1. The van der Waals surface area contributed by atoms with Crippen LogP contribution in [-0.4, -0.2) is 20.2 Å². The van der Waals surface area contributed by atoms with Crippen LogP contribution in [0.25, 0.3) is 0 Å². The van der Waals surface area contributed by atoms with Gasteiger partial charge in [0.1, 0.15) is 5.75 Å². The molecule has 20 heavy (non-hydrogen) atoms. The first-order chi connectivity index (χ1) is 9.42. The van der Waals surface area contributed by atoms with Crippen molar-refractivity contribution < 1.29 is 4.74 Å². The lowest BCUT2D eigenvalue weighted by atomic mass is 10.1. The van der Waals surface area contributed by atoms with Gasteiger partial charge >= 0.3 is 0 Å². The van der Waals surface area contributed by atoms with Gasteiger partial charge < -0.3 is 15.4 Å². The van der Waals surface area contributed by atoms with Gasteiger partial charge in [-0.05, 0) is 30.7 Å². The first-order valence-electron chi connectivity index (χ1n) is 7.62. The van der Waals surface area contributed by atoms with Crippen LogP contribution in [0.2, 0.25) is 0 Å². The largest absolute Gasteiger partial charge is 0.497 e. The van der Waals surface area contributed by atoms with Crippen molar-refractivity contribution >= 4 is 11.4 Å². The van der Waals surface area contributed by atoms with E-state index < -0.39 is 0 Å². The number of ether oxygens (including phenoxy) is 1. The van der Waals surface area contributed by atoms with Gasteiger partial charge in [-0.3, -0.25) is 0 Å². The maximum Gasteiger partial charge on any atom is 0.122 e. The Morgan fingerprint density at radius 1 is 1.00 bits per heavy atom. The highest BCUT2D eigenvalue weighted by Crippen LogP contribution is 2.26. The smallest absolute Gasteiger partial charge is 0.122 e. The monoisotopic (exact) mass is 278 g/mol. The number of nitrogens with two attached hydrogens (primary N) is 1. The van der Waals surface area contributed by atoms with Gasteiger partial charge in [0, 0.05) is 36.6 Å². The summed E-state index contributed by atoms with van der Waals surface area (Å²) in [5.41, 5.74) is 7.91. The summed E-state index contributed by atoms with van der Waals surface area (Å²) in [5.74, 6) is 2.25. The summed E-state index contributed by atoms with van der Waals surface area (Å²) >= 11 is 0. The minimum Gasteiger partial charge on any atom is -0.497 e. The molecule has 0 unspecified atom stereocenters. The van der Waals surface area contributed by atoms with Crippen LogP contribution in [0.15, 0.2) is 18.2 Å². The molecule has 0 aliphatic heterocycles. The molecule has 0 atom stereocenters. The van der Waals surface area contributed by atoms with Crippen molar-refractivity contribution in [3.05, 3.63) is 18.2 Å². The molecule has 1 aromatic carbocycles. The molecule has 1 rings (SSSR count). The highest BCUT2D eigenvalue weighted by atomic mass is 16.5. The van der Waals surface area contributed by atoms with Crippen LogP contribution >= 0.6 is 0 Å². The number of hydrogen-bond donors (Lipinski definition) is 1. The third kappa shape index (κ3) is 5.72. The summed E-state index contributed by atoms with van der Waals surface area (Å²) in [5, 5.41) is 0. The van der Waals surface area contributed by atoms with Gasteiger partial charge in [0.25, 0.3) is 0 Å². The third-order valence-corrected chi connectivity index (χ3v) is 3.47. The summed E-state index contributed by atoms with van der Waals surface area (Å²) in [6.45, 7) is 11.2. The van der Waals surface area contributed by atoms with Gasteiger partial charge in [0.15, 0.2) is 0 Å². The third-order valence-electron chi connectivity index (χ3n) is 3.47. The first kappa shape index (κ1) is 16.7. The second-order valence-corrected chi connectivity index (χ2v) is 6.32. The molecule has 0 saturated carbocycles. The Bertz CT molecular complexity index is 390. The average molecular weight is 278 g/mol. The lowest BCUT2D eigenvalue weighted by Gasteiger charge is -2.27. The summed E-state index contributed by atoms with van der Waals surface area (Å²) in [7, 11) is 1.69. The predicted molar refractivity (Wildman–Crippen MR) is 88.5 cm³/mol. The van der Waals surface area contributed by atoms with Gasteiger partial charge in [-0.1, -0.05) is 27.7 Å². The van der Waals surface area contributed by atoms with Crippen molar-refractivity contribution in [3.8, 4) is 5.75 Å². The number of nitrogen functional groups attached to an aromatic ring is 1. The van der Waals surface area contributed by atoms with E-state index in [0.717, 1.165) is 24.5 Å². The summed E-state index contributed by atoms with van der Waals surface area (Å²) in [6, 6.07) is 5.99. The Morgan fingerprint density at radius 3 is 2.00 bits per heavy atom. The van der Waals surface area contributed by atoms with Crippen molar-refractivity contribution in [3.63, 3.8) is 0 Å². The lowest BCUT2D eigenvalue weighted by Crippen LogP contribution is -2.27. The molecule has 0 aliphatic rings.